The van der Waals surface area contributed by atoms with Crippen LogP contribution in [-0.2, 0) is 18.6 Å². The molecule has 0 aromatic heterocycles. The maximum Gasteiger partial charge on any atom is 0.459 e. The summed E-state index contributed by atoms with van der Waals surface area (Å²) in [7, 11) is -4.03. The van der Waals surface area contributed by atoms with Crippen molar-refractivity contribution in [2.75, 3.05) is 13.2 Å². The second kappa shape index (κ2) is 13.4. The van der Waals surface area contributed by atoms with E-state index in [-0.39, 0.29) is 30.5 Å². The van der Waals surface area contributed by atoms with Crippen molar-refractivity contribution in [1.29, 1.82) is 0 Å². The van der Waals surface area contributed by atoms with Gasteiger partial charge < -0.3 is 25.0 Å². The van der Waals surface area contributed by atoms with Crippen molar-refractivity contribution in [3.8, 4) is 5.75 Å². The van der Waals surface area contributed by atoms with Crippen molar-refractivity contribution in [3.63, 3.8) is 0 Å². The third kappa shape index (κ3) is 8.31. The van der Waals surface area contributed by atoms with Crippen LogP contribution in [0.25, 0.3) is 0 Å². The number of nitrogens with one attached hydrogen (secondary N) is 1. The first-order valence-corrected chi connectivity index (χ1v) is 14.7. The first-order chi connectivity index (χ1) is 17.6. The van der Waals surface area contributed by atoms with Gasteiger partial charge in [-0.25, -0.2) is 9.56 Å². The minimum absolute atomic E-state index is 0.0994. The first-order valence-electron chi connectivity index (χ1n) is 12.3. The van der Waals surface area contributed by atoms with Crippen molar-refractivity contribution in [3.05, 3.63) is 42.7 Å². The molecule has 5 atom stereocenters. The SMILES string of the molecule is C=C1N=C(N)N=CN1[C@H]1C[C@@H](O)[C@@H](COP(=O)(N[C@@H](C)C(=O)OCC(CC)CC)Oc2ccccc2)S1. The van der Waals surface area contributed by atoms with Crippen LogP contribution in [0.5, 0.6) is 5.75 Å². The average Bonchev–Trinajstić information content (AvgIpc) is 3.23. The lowest BCUT2D eigenvalue weighted by Crippen LogP contribution is -2.36. The van der Waals surface area contributed by atoms with Crippen LogP contribution in [0.2, 0.25) is 0 Å². The van der Waals surface area contributed by atoms with Gasteiger partial charge in [0.2, 0.25) is 5.96 Å². The molecular formula is C24H36N5O6PS. The fourth-order valence-electron chi connectivity index (χ4n) is 3.70. The zero-order valence-corrected chi connectivity index (χ0v) is 23.1. The number of benzene rings is 1. The zero-order valence-electron chi connectivity index (χ0n) is 21.4. The molecule has 13 heteroatoms. The summed E-state index contributed by atoms with van der Waals surface area (Å²) in [6.45, 7) is 9.69. The molecule has 2 aliphatic heterocycles. The monoisotopic (exact) mass is 553 g/mol. The van der Waals surface area contributed by atoms with Gasteiger partial charge in [-0.1, -0.05) is 51.5 Å². The van der Waals surface area contributed by atoms with E-state index >= 15 is 0 Å². The first kappa shape index (κ1) is 29.2. The van der Waals surface area contributed by atoms with Crippen LogP contribution in [-0.4, -0.2) is 64.3 Å². The minimum atomic E-state index is -4.03. The van der Waals surface area contributed by atoms with Gasteiger partial charge in [-0.15, -0.1) is 11.8 Å². The Morgan fingerprint density at radius 2 is 2.05 bits per heavy atom. The Bertz CT molecular complexity index is 1040. The molecule has 0 spiro atoms. The van der Waals surface area contributed by atoms with Crippen molar-refractivity contribution >= 4 is 37.8 Å². The second-order valence-electron chi connectivity index (χ2n) is 8.83. The van der Waals surface area contributed by atoms with Crippen LogP contribution in [0.15, 0.2) is 52.7 Å². The maximum atomic E-state index is 13.8. The number of para-hydroxylation sites is 1. The van der Waals surface area contributed by atoms with Crippen molar-refractivity contribution < 1.29 is 28.3 Å². The number of carbonyl (C=O) groups is 1. The van der Waals surface area contributed by atoms with E-state index in [1.165, 1.54) is 18.1 Å². The molecule has 0 aliphatic carbocycles. The second-order valence-corrected chi connectivity index (χ2v) is 11.9. The standard InChI is InChI=1S/C24H36N5O6PS/c1-5-18(6-2)13-33-23(31)16(3)28-36(32,35-19-10-8-7-9-11-19)34-14-21-20(30)12-22(37-21)29-15-26-24(25)27-17(29)4/h7-11,15-16,18,20-22,30H,4-6,12-14H2,1-3H3,(H2,25,27)(H,28,32)/t16-,20+,21+,22+,36?/m0/s1. The number of thioether (sulfide) groups is 1. The number of carbonyl (C=O) groups excluding carboxylic acids is 1. The molecule has 4 N–H and O–H groups in total. The number of nitrogens with zero attached hydrogens (tertiary/aromatic N) is 3. The van der Waals surface area contributed by atoms with E-state index < -0.39 is 31.1 Å². The van der Waals surface area contributed by atoms with Crippen molar-refractivity contribution in [2.45, 2.75) is 62.8 Å². The summed E-state index contributed by atoms with van der Waals surface area (Å²) in [5.74, 6) is 0.550. The zero-order chi connectivity index (χ0) is 27.0. The lowest BCUT2D eigenvalue weighted by molar-refractivity contribution is -0.146. The summed E-state index contributed by atoms with van der Waals surface area (Å²) in [6, 6.07) is 7.58. The van der Waals surface area contributed by atoms with Crippen molar-refractivity contribution in [2.24, 2.45) is 21.6 Å². The number of hydrogen-bond acceptors (Lipinski definition) is 11. The van der Waals surface area contributed by atoms with E-state index in [0.29, 0.717) is 18.0 Å². The molecule has 204 valence electrons. The van der Waals surface area contributed by atoms with E-state index in [1.54, 1.807) is 42.2 Å². The van der Waals surface area contributed by atoms with Gasteiger partial charge in [-0.3, -0.25) is 9.32 Å². The Balaban J connectivity index is 1.65. The number of ether oxygens (including phenoxy) is 1. The molecule has 0 amide bonds. The van der Waals surface area contributed by atoms with E-state index in [1.807, 2.05) is 13.8 Å². The van der Waals surface area contributed by atoms with Crippen LogP contribution in [0.1, 0.15) is 40.0 Å². The fourth-order valence-corrected chi connectivity index (χ4v) is 6.78. The Morgan fingerprint density at radius 1 is 1.35 bits per heavy atom. The van der Waals surface area contributed by atoms with Crippen LogP contribution >= 0.6 is 19.5 Å². The van der Waals surface area contributed by atoms with Gasteiger partial charge in [-0.05, 0) is 25.0 Å². The lowest BCUT2D eigenvalue weighted by Gasteiger charge is -2.27. The third-order valence-corrected chi connectivity index (χ3v) is 9.25. The number of aliphatic imine (C=N–C) groups is 2. The van der Waals surface area contributed by atoms with Gasteiger partial charge in [0.15, 0.2) is 0 Å². The summed E-state index contributed by atoms with van der Waals surface area (Å²) in [6.07, 6.45) is 2.94. The fraction of sp³-hybridized carbons (Fsp3) is 0.542. The summed E-state index contributed by atoms with van der Waals surface area (Å²) in [5.41, 5.74) is 5.61. The van der Waals surface area contributed by atoms with E-state index in [2.05, 4.69) is 21.7 Å². The van der Waals surface area contributed by atoms with Crippen LogP contribution < -0.4 is 15.3 Å². The molecule has 0 saturated carbocycles. The molecular weight excluding hydrogens is 517 g/mol. The highest BCUT2D eigenvalue weighted by molar-refractivity contribution is 8.00. The highest BCUT2D eigenvalue weighted by Gasteiger charge is 2.40. The van der Waals surface area contributed by atoms with E-state index in [9.17, 15) is 14.5 Å². The van der Waals surface area contributed by atoms with Gasteiger partial charge in [-0.2, -0.15) is 10.1 Å². The van der Waals surface area contributed by atoms with Gasteiger partial charge in [0, 0.05) is 6.42 Å². The molecule has 1 aromatic rings. The van der Waals surface area contributed by atoms with Gasteiger partial charge in [0.25, 0.3) is 0 Å². The molecule has 0 bridgehead atoms. The number of esters is 1. The number of rotatable bonds is 13. The molecule has 1 saturated heterocycles. The molecule has 2 aliphatic rings. The van der Waals surface area contributed by atoms with E-state index in [0.717, 1.165) is 12.8 Å². The molecule has 0 radical (unpaired) electrons. The Kier molecular flexibility index (Phi) is 10.6. The highest BCUT2D eigenvalue weighted by atomic mass is 32.2. The molecule has 1 aromatic carbocycles. The Labute approximate surface area is 222 Å². The smallest absolute Gasteiger partial charge is 0.459 e. The predicted octanol–water partition coefficient (Wildman–Crippen LogP) is 3.47. The molecule has 11 nitrogen and oxygen atoms in total. The van der Waals surface area contributed by atoms with Crippen LogP contribution in [0.3, 0.4) is 0 Å². The summed E-state index contributed by atoms with van der Waals surface area (Å²) < 4.78 is 30.6. The van der Waals surface area contributed by atoms with Crippen LogP contribution in [0, 0.1) is 5.92 Å². The number of nitrogens with two attached hydrogens (primary N) is 1. The number of hydrogen-bond donors (Lipinski definition) is 3. The largest absolute Gasteiger partial charge is 0.464 e. The van der Waals surface area contributed by atoms with Crippen molar-refractivity contribution in [1.82, 2.24) is 9.99 Å². The number of aliphatic hydroxyl groups is 1. The maximum absolute atomic E-state index is 13.8. The van der Waals surface area contributed by atoms with Crippen LogP contribution in [0.4, 0.5) is 0 Å². The lowest BCUT2D eigenvalue weighted by atomic mass is 10.1. The normalized spacial score (nSPS) is 24.0. The van der Waals surface area contributed by atoms with Gasteiger partial charge in [0.1, 0.15) is 24.0 Å². The minimum Gasteiger partial charge on any atom is -0.464 e. The third-order valence-electron chi connectivity index (χ3n) is 6.07. The average molecular weight is 554 g/mol. The summed E-state index contributed by atoms with van der Waals surface area (Å²) in [5, 5.41) is 12.7. The van der Waals surface area contributed by atoms with Gasteiger partial charge in [0.05, 0.1) is 29.9 Å². The Hall–Kier alpha value is -2.37. The predicted molar refractivity (Wildman–Crippen MR) is 145 cm³/mol. The molecule has 2 heterocycles. The number of guanidine groups is 1. The van der Waals surface area contributed by atoms with E-state index in [4.69, 9.17) is 19.5 Å². The Morgan fingerprint density at radius 3 is 2.70 bits per heavy atom. The molecule has 1 unspecified atom stereocenters. The molecule has 1 fully saturated rings. The molecule has 3 rings (SSSR count). The summed E-state index contributed by atoms with van der Waals surface area (Å²) in [4.78, 5) is 22.4. The highest BCUT2D eigenvalue weighted by Crippen LogP contribution is 2.47. The quantitative estimate of drug-likeness (QED) is 0.245. The number of aliphatic hydroxyl groups excluding tert-OH is 1. The molecule has 37 heavy (non-hydrogen) atoms. The van der Waals surface area contributed by atoms with Gasteiger partial charge >= 0.3 is 13.7 Å². The summed E-state index contributed by atoms with van der Waals surface area (Å²) >= 11 is 1.41. The topological polar surface area (TPSA) is 148 Å².